The molecule has 0 saturated carbocycles. The third-order valence-electron chi connectivity index (χ3n) is 2.34. The van der Waals surface area contributed by atoms with Crippen molar-refractivity contribution in [2.75, 3.05) is 11.9 Å². The van der Waals surface area contributed by atoms with Crippen LogP contribution in [0.5, 0.6) is 5.75 Å². The van der Waals surface area contributed by atoms with Crippen LogP contribution in [-0.4, -0.2) is 17.5 Å². The highest BCUT2D eigenvalue weighted by atomic mass is 16.5. The third kappa shape index (κ3) is 1.93. The predicted octanol–water partition coefficient (Wildman–Crippen LogP) is 1.71. The normalized spacial score (nSPS) is 15.3. The third-order valence-corrected chi connectivity index (χ3v) is 2.34. The van der Waals surface area contributed by atoms with Crippen molar-refractivity contribution < 1.29 is 9.53 Å². The summed E-state index contributed by atoms with van der Waals surface area (Å²) < 4.78 is 5.30. The average molecular weight is 206 g/mol. The minimum absolute atomic E-state index is 0.0346. The number of rotatable bonds is 0. The Balaban J connectivity index is 2.39. The number of pyridine rings is 1. The number of ether oxygens (including phenoxy) is 1. The maximum atomic E-state index is 11.0. The molecule has 1 aromatic rings. The van der Waals surface area contributed by atoms with E-state index in [-0.39, 0.29) is 17.9 Å². The van der Waals surface area contributed by atoms with E-state index in [1.165, 1.54) is 0 Å². The van der Waals surface area contributed by atoms with Crippen molar-refractivity contribution >= 4 is 11.7 Å². The van der Waals surface area contributed by atoms with Gasteiger partial charge >= 0.3 is 0 Å². The Hall–Kier alpha value is -1.58. The summed E-state index contributed by atoms with van der Waals surface area (Å²) in [4.78, 5) is 15.2. The molecule has 1 aliphatic rings. The zero-order valence-electron chi connectivity index (χ0n) is 9.13. The van der Waals surface area contributed by atoms with Gasteiger partial charge in [-0.3, -0.25) is 4.79 Å². The van der Waals surface area contributed by atoms with Gasteiger partial charge in [-0.2, -0.15) is 0 Å². The average Bonchev–Trinajstić information content (AvgIpc) is 2.15. The zero-order chi connectivity index (χ0) is 11.1. The van der Waals surface area contributed by atoms with Crippen molar-refractivity contribution in [2.45, 2.75) is 26.2 Å². The first-order valence-corrected chi connectivity index (χ1v) is 4.90. The lowest BCUT2D eigenvalue weighted by molar-refractivity contribution is -0.118. The fourth-order valence-corrected chi connectivity index (χ4v) is 1.37. The number of nitrogens with zero attached hydrogens (tertiary/aromatic N) is 1. The van der Waals surface area contributed by atoms with Crippen LogP contribution in [0.15, 0.2) is 12.3 Å². The Bertz CT molecular complexity index is 408. The van der Waals surface area contributed by atoms with Crippen LogP contribution >= 0.6 is 0 Å². The second-order valence-electron chi connectivity index (χ2n) is 4.66. The topological polar surface area (TPSA) is 51.2 Å². The minimum Gasteiger partial charge on any atom is -0.480 e. The molecule has 0 bridgehead atoms. The lowest BCUT2D eigenvalue weighted by atomic mass is 9.88. The van der Waals surface area contributed by atoms with Gasteiger partial charge in [0.1, 0.15) is 0 Å². The van der Waals surface area contributed by atoms with E-state index in [2.05, 4.69) is 31.1 Å². The Labute approximate surface area is 88.7 Å². The summed E-state index contributed by atoms with van der Waals surface area (Å²) in [6.07, 6.45) is 1.77. The molecule has 2 rings (SSSR count). The first-order chi connectivity index (χ1) is 6.97. The number of anilines is 1. The fourth-order valence-electron chi connectivity index (χ4n) is 1.37. The van der Waals surface area contributed by atoms with Crippen LogP contribution in [-0.2, 0) is 10.2 Å². The van der Waals surface area contributed by atoms with Crippen LogP contribution in [0.2, 0.25) is 0 Å². The molecule has 0 atom stereocenters. The van der Waals surface area contributed by atoms with Gasteiger partial charge in [-0.05, 0) is 17.0 Å². The van der Waals surface area contributed by atoms with Crippen molar-refractivity contribution in [1.82, 2.24) is 4.98 Å². The van der Waals surface area contributed by atoms with Gasteiger partial charge in [-0.1, -0.05) is 20.8 Å². The van der Waals surface area contributed by atoms with E-state index in [1.807, 2.05) is 6.07 Å². The standard InChI is InChI=1S/C11H14N2O2/c1-11(2,3)7-4-8-10(12-5-7)13-9(14)6-15-8/h4-5H,6H2,1-3H3,(H,12,13,14). The van der Waals surface area contributed by atoms with E-state index in [4.69, 9.17) is 4.74 Å². The summed E-state index contributed by atoms with van der Waals surface area (Å²) in [5, 5.41) is 2.66. The smallest absolute Gasteiger partial charge is 0.263 e. The summed E-state index contributed by atoms with van der Waals surface area (Å²) in [7, 11) is 0. The van der Waals surface area contributed by atoms with E-state index in [0.717, 1.165) is 5.56 Å². The summed E-state index contributed by atoms with van der Waals surface area (Å²) in [5.74, 6) is 1.01. The van der Waals surface area contributed by atoms with Crippen molar-refractivity contribution in [3.05, 3.63) is 17.8 Å². The lowest BCUT2D eigenvalue weighted by Gasteiger charge is -2.22. The summed E-state index contributed by atoms with van der Waals surface area (Å²) in [6.45, 7) is 6.40. The molecule has 0 aliphatic carbocycles. The van der Waals surface area contributed by atoms with Gasteiger partial charge in [0.25, 0.3) is 5.91 Å². The highest BCUT2D eigenvalue weighted by Gasteiger charge is 2.21. The molecule has 1 aliphatic heterocycles. The molecule has 15 heavy (non-hydrogen) atoms. The molecule has 0 saturated heterocycles. The van der Waals surface area contributed by atoms with Gasteiger partial charge in [0.15, 0.2) is 18.2 Å². The monoisotopic (exact) mass is 206 g/mol. The van der Waals surface area contributed by atoms with Gasteiger partial charge in [-0.25, -0.2) is 4.98 Å². The number of carbonyl (C=O) groups is 1. The number of amides is 1. The highest BCUT2D eigenvalue weighted by molar-refractivity contribution is 5.94. The fraction of sp³-hybridized carbons (Fsp3) is 0.455. The minimum atomic E-state index is -0.154. The number of carbonyl (C=O) groups excluding carboxylic acids is 1. The van der Waals surface area contributed by atoms with Gasteiger partial charge in [-0.15, -0.1) is 0 Å². The SMILES string of the molecule is CC(C)(C)c1cnc2c(c1)OCC(=O)N2. The van der Waals surface area contributed by atoms with Crippen LogP contribution in [0, 0.1) is 0 Å². The van der Waals surface area contributed by atoms with Crippen LogP contribution < -0.4 is 10.1 Å². The molecule has 4 nitrogen and oxygen atoms in total. The van der Waals surface area contributed by atoms with Crippen LogP contribution in [0.25, 0.3) is 0 Å². The molecule has 80 valence electrons. The van der Waals surface area contributed by atoms with Gasteiger partial charge in [0.2, 0.25) is 0 Å². The van der Waals surface area contributed by atoms with Crippen molar-refractivity contribution in [3.63, 3.8) is 0 Å². The summed E-state index contributed by atoms with van der Waals surface area (Å²) >= 11 is 0. The number of hydrogen-bond acceptors (Lipinski definition) is 3. The van der Waals surface area contributed by atoms with E-state index in [9.17, 15) is 4.79 Å². The zero-order valence-corrected chi connectivity index (χ0v) is 9.13. The van der Waals surface area contributed by atoms with E-state index >= 15 is 0 Å². The van der Waals surface area contributed by atoms with Crippen molar-refractivity contribution in [3.8, 4) is 5.75 Å². The van der Waals surface area contributed by atoms with Crippen molar-refractivity contribution in [1.29, 1.82) is 0 Å². The second kappa shape index (κ2) is 3.22. The molecule has 0 fully saturated rings. The number of fused-ring (bicyclic) bond motifs is 1. The van der Waals surface area contributed by atoms with Gasteiger partial charge in [0.05, 0.1) is 0 Å². The molecular weight excluding hydrogens is 192 g/mol. The molecular formula is C11H14N2O2. The quantitative estimate of drug-likeness (QED) is 0.703. The maximum Gasteiger partial charge on any atom is 0.263 e. The van der Waals surface area contributed by atoms with Crippen LogP contribution in [0.1, 0.15) is 26.3 Å². The second-order valence-corrected chi connectivity index (χ2v) is 4.66. The lowest BCUT2D eigenvalue weighted by Crippen LogP contribution is -2.26. The molecule has 0 unspecified atom stereocenters. The van der Waals surface area contributed by atoms with Crippen LogP contribution in [0.3, 0.4) is 0 Å². The highest BCUT2D eigenvalue weighted by Crippen LogP contribution is 2.30. The molecule has 0 radical (unpaired) electrons. The van der Waals surface area contributed by atoms with E-state index in [1.54, 1.807) is 6.20 Å². The molecule has 1 aromatic heterocycles. The summed E-state index contributed by atoms with van der Waals surface area (Å²) in [5.41, 5.74) is 1.13. The molecule has 2 heterocycles. The van der Waals surface area contributed by atoms with E-state index < -0.39 is 0 Å². The Morgan fingerprint density at radius 2 is 2.20 bits per heavy atom. The Morgan fingerprint density at radius 1 is 1.47 bits per heavy atom. The molecule has 0 aromatic carbocycles. The summed E-state index contributed by atoms with van der Waals surface area (Å²) in [6, 6.07) is 1.93. The molecule has 0 spiro atoms. The van der Waals surface area contributed by atoms with Crippen molar-refractivity contribution in [2.24, 2.45) is 0 Å². The molecule has 1 N–H and O–H groups in total. The number of aromatic nitrogens is 1. The van der Waals surface area contributed by atoms with Gasteiger partial charge < -0.3 is 10.1 Å². The number of nitrogens with one attached hydrogen (secondary N) is 1. The largest absolute Gasteiger partial charge is 0.480 e. The first kappa shape index (κ1) is 9.96. The van der Waals surface area contributed by atoms with E-state index in [0.29, 0.717) is 11.6 Å². The molecule has 1 amide bonds. The first-order valence-electron chi connectivity index (χ1n) is 4.90. The van der Waals surface area contributed by atoms with Crippen LogP contribution in [0.4, 0.5) is 5.82 Å². The van der Waals surface area contributed by atoms with Gasteiger partial charge in [0, 0.05) is 6.20 Å². The maximum absolute atomic E-state index is 11.0. The Kier molecular flexibility index (Phi) is 2.14. The number of hydrogen-bond donors (Lipinski definition) is 1. The predicted molar refractivity (Wildman–Crippen MR) is 57.1 cm³/mol. The Morgan fingerprint density at radius 3 is 2.87 bits per heavy atom. The molecule has 4 heteroatoms.